The molecule has 4 nitrogen and oxygen atoms in total. The van der Waals surface area contributed by atoms with E-state index in [0.29, 0.717) is 12.8 Å². The molecule has 0 aromatic heterocycles. The van der Waals surface area contributed by atoms with Crippen LogP contribution >= 0.6 is 0 Å². The average Bonchev–Trinajstić information content (AvgIpc) is 3.07. The smallest absolute Gasteiger partial charge is 0.306 e. The lowest BCUT2D eigenvalue weighted by molar-refractivity contribution is -0.150. The number of allylic oxidation sites excluding steroid dienone is 8. The maximum Gasteiger partial charge on any atom is 0.306 e. The average molecular weight is 671 g/mol. The highest BCUT2D eigenvalue weighted by Crippen LogP contribution is 2.19. The van der Waals surface area contributed by atoms with E-state index < -0.39 is 5.97 Å². The van der Waals surface area contributed by atoms with E-state index in [1.807, 2.05) is 0 Å². The van der Waals surface area contributed by atoms with Crippen LogP contribution in [0.2, 0.25) is 0 Å². The summed E-state index contributed by atoms with van der Waals surface area (Å²) in [6.07, 6.45) is 52.8. The van der Waals surface area contributed by atoms with Crippen molar-refractivity contribution in [3.8, 4) is 0 Å². The normalized spacial score (nSPS) is 12.7. The number of ether oxygens (including phenoxy) is 1. The third kappa shape index (κ3) is 38.3. The Balaban J connectivity index is 4.14. The number of carbonyl (C=O) groups excluding carboxylic acids is 1. The van der Waals surface area contributed by atoms with Gasteiger partial charge in [-0.25, -0.2) is 0 Å². The predicted octanol–water partition coefficient (Wildman–Crippen LogP) is 14.3. The minimum absolute atomic E-state index is 0.0150. The molecule has 1 N–H and O–H groups in total. The van der Waals surface area contributed by atoms with E-state index in [9.17, 15) is 9.59 Å². The molecule has 0 bridgehead atoms. The Kier molecular flexibility index (Phi) is 37.6. The molecule has 0 fully saturated rings. The number of carbonyl (C=O) groups is 2. The largest absolute Gasteiger partial charge is 0.481 e. The van der Waals surface area contributed by atoms with Crippen molar-refractivity contribution in [3.05, 3.63) is 48.6 Å². The van der Waals surface area contributed by atoms with Crippen molar-refractivity contribution >= 4 is 11.9 Å². The fourth-order valence-corrected chi connectivity index (χ4v) is 6.00. The molecule has 0 amide bonds. The first kappa shape index (κ1) is 45.9. The molecule has 0 aromatic carbocycles. The van der Waals surface area contributed by atoms with Gasteiger partial charge in [0.2, 0.25) is 0 Å². The first-order chi connectivity index (χ1) is 23.6. The minimum atomic E-state index is -0.678. The molecule has 278 valence electrons. The van der Waals surface area contributed by atoms with Crippen molar-refractivity contribution < 1.29 is 19.4 Å². The third-order valence-electron chi connectivity index (χ3n) is 9.05. The van der Waals surface area contributed by atoms with Crippen LogP contribution in [0.15, 0.2) is 48.6 Å². The van der Waals surface area contributed by atoms with Crippen LogP contribution in [-0.2, 0) is 14.3 Å². The van der Waals surface area contributed by atoms with E-state index in [1.54, 1.807) is 0 Å². The third-order valence-corrected chi connectivity index (χ3v) is 9.05. The van der Waals surface area contributed by atoms with Crippen LogP contribution in [0.1, 0.15) is 213 Å². The highest BCUT2D eigenvalue weighted by Gasteiger charge is 2.14. The number of aliphatic carboxylic acids is 1. The van der Waals surface area contributed by atoms with E-state index in [4.69, 9.17) is 9.84 Å². The Morgan fingerprint density at radius 3 is 1.29 bits per heavy atom. The van der Waals surface area contributed by atoms with Crippen molar-refractivity contribution in [2.75, 3.05) is 0 Å². The molecule has 4 heteroatoms. The van der Waals surface area contributed by atoms with Crippen LogP contribution in [0.5, 0.6) is 0 Å². The van der Waals surface area contributed by atoms with Gasteiger partial charge in [-0.3, -0.25) is 9.59 Å². The van der Waals surface area contributed by atoms with Gasteiger partial charge in [-0.15, -0.1) is 0 Å². The summed E-state index contributed by atoms with van der Waals surface area (Å²) in [4.78, 5) is 23.3. The molecule has 0 aromatic rings. The van der Waals surface area contributed by atoms with E-state index >= 15 is 0 Å². The lowest BCUT2D eigenvalue weighted by Gasteiger charge is -2.18. The standard InChI is InChI=1S/C44H78O4/c1-3-5-7-9-11-13-14-15-16-17-18-19-20-25-29-33-37-41-44(47)48-42(38-34-30-26-12-10-8-6-4-2)39-35-31-27-23-21-22-24-28-32-36-40-43(45)46/h11,13,15-16,18-19,25,29,42H,3-10,12,14,17,20-24,26-28,30-41H2,1-2H3,(H,45,46)/b13-11-,16-15-,19-18-,29-25-. The first-order valence-electron chi connectivity index (χ1n) is 20.6. The summed E-state index contributed by atoms with van der Waals surface area (Å²) < 4.78 is 6.02. The van der Waals surface area contributed by atoms with E-state index in [0.717, 1.165) is 70.6 Å². The Morgan fingerprint density at radius 1 is 0.458 bits per heavy atom. The Bertz CT molecular complexity index is 809. The van der Waals surface area contributed by atoms with Crippen LogP contribution in [0.4, 0.5) is 0 Å². The fourth-order valence-electron chi connectivity index (χ4n) is 6.00. The molecule has 1 atom stereocenters. The van der Waals surface area contributed by atoms with Gasteiger partial charge in [-0.2, -0.15) is 0 Å². The monoisotopic (exact) mass is 671 g/mol. The molecule has 0 aliphatic rings. The van der Waals surface area contributed by atoms with Crippen molar-refractivity contribution in [3.63, 3.8) is 0 Å². The molecule has 0 heterocycles. The van der Waals surface area contributed by atoms with Gasteiger partial charge >= 0.3 is 11.9 Å². The van der Waals surface area contributed by atoms with Gasteiger partial charge < -0.3 is 9.84 Å². The first-order valence-corrected chi connectivity index (χ1v) is 20.6. The molecule has 0 aliphatic heterocycles. The zero-order chi connectivity index (χ0) is 35.0. The molecular formula is C44H78O4. The van der Waals surface area contributed by atoms with Crippen LogP contribution in [0, 0.1) is 0 Å². The van der Waals surface area contributed by atoms with Crippen LogP contribution in [0.3, 0.4) is 0 Å². The summed E-state index contributed by atoms with van der Waals surface area (Å²) in [7, 11) is 0. The van der Waals surface area contributed by atoms with Crippen LogP contribution in [0.25, 0.3) is 0 Å². The number of hydrogen-bond acceptors (Lipinski definition) is 3. The fraction of sp³-hybridized carbons (Fsp3) is 0.773. The highest BCUT2D eigenvalue weighted by atomic mass is 16.5. The number of unbranched alkanes of at least 4 members (excludes halogenated alkanes) is 20. The SMILES string of the molecule is CCCCC/C=C\C/C=C\C/C=C\C/C=C\CCCC(=O)OC(CCCCCCCCCC)CCCCCCCCCCCCC(=O)O. The lowest BCUT2D eigenvalue weighted by atomic mass is 10.0. The molecule has 0 radical (unpaired) electrons. The van der Waals surface area contributed by atoms with E-state index in [-0.39, 0.29) is 12.1 Å². The van der Waals surface area contributed by atoms with Crippen molar-refractivity contribution in [1.82, 2.24) is 0 Å². The summed E-state index contributed by atoms with van der Waals surface area (Å²) in [6.45, 7) is 4.51. The van der Waals surface area contributed by atoms with Gasteiger partial charge in [-0.05, 0) is 77.0 Å². The molecular weight excluding hydrogens is 592 g/mol. The Hall–Kier alpha value is -2.10. The molecule has 1 unspecified atom stereocenters. The maximum absolute atomic E-state index is 12.7. The molecule has 0 saturated carbocycles. The second-order valence-electron chi connectivity index (χ2n) is 13.8. The minimum Gasteiger partial charge on any atom is -0.481 e. The summed E-state index contributed by atoms with van der Waals surface area (Å²) >= 11 is 0. The van der Waals surface area contributed by atoms with Crippen molar-refractivity contribution in [2.24, 2.45) is 0 Å². The van der Waals surface area contributed by atoms with Gasteiger partial charge in [0.1, 0.15) is 6.10 Å². The zero-order valence-electron chi connectivity index (χ0n) is 31.8. The van der Waals surface area contributed by atoms with Gasteiger partial charge in [0.05, 0.1) is 0 Å². The van der Waals surface area contributed by atoms with Gasteiger partial charge in [0, 0.05) is 12.8 Å². The van der Waals surface area contributed by atoms with Gasteiger partial charge in [-0.1, -0.05) is 172 Å². The zero-order valence-corrected chi connectivity index (χ0v) is 31.8. The number of esters is 1. The molecule has 0 aliphatic carbocycles. The number of carboxylic acids is 1. The second-order valence-corrected chi connectivity index (χ2v) is 13.8. The topological polar surface area (TPSA) is 63.6 Å². The predicted molar refractivity (Wildman–Crippen MR) is 209 cm³/mol. The van der Waals surface area contributed by atoms with Gasteiger partial charge in [0.15, 0.2) is 0 Å². The molecule has 0 rings (SSSR count). The Labute approximate surface area is 298 Å². The molecule has 0 saturated heterocycles. The molecule has 48 heavy (non-hydrogen) atoms. The number of hydrogen-bond donors (Lipinski definition) is 1. The summed E-state index contributed by atoms with van der Waals surface area (Å²) in [6, 6.07) is 0. The Morgan fingerprint density at radius 2 is 0.833 bits per heavy atom. The summed E-state index contributed by atoms with van der Waals surface area (Å²) in [5.74, 6) is -0.693. The van der Waals surface area contributed by atoms with Crippen molar-refractivity contribution in [2.45, 2.75) is 219 Å². The summed E-state index contributed by atoms with van der Waals surface area (Å²) in [5, 5.41) is 8.72. The van der Waals surface area contributed by atoms with E-state index in [2.05, 4.69) is 62.5 Å². The van der Waals surface area contributed by atoms with Crippen LogP contribution in [-0.4, -0.2) is 23.1 Å². The number of carboxylic acid groups (broad SMARTS) is 1. The highest BCUT2D eigenvalue weighted by molar-refractivity contribution is 5.69. The quantitative estimate of drug-likeness (QED) is 0.0406. The van der Waals surface area contributed by atoms with Gasteiger partial charge in [0.25, 0.3) is 0 Å². The number of rotatable bonds is 37. The van der Waals surface area contributed by atoms with E-state index in [1.165, 1.54) is 116 Å². The molecule has 0 spiro atoms. The maximum atomic E-state index is 12.7. The summed E-state index contributed by atoms with van der Waals surface area (Å²) in [5.41, 5.74) is 0. The lowest BCUT2D eigenvalue weighted by Crippen LogP contribution is -2.18. The second kappa shape index (κ2) is 39.3. The van der Waals surface area contributed by atoms with Crippen LogP contribution < -0.4 is 0 Å². The van der Waals surface area contributed by atoms with Crippen molar-refractivity contribution in [1.29, 1.82) is 0 Å².